The summed E-state index contributed by atoms with van der Waals surface area (Å²) in [7, 11) is 0. The van der Waals surface area contributed by atoms with Crippen LogP contribution in [0.5, 0.6) is 0 Å². The van der Waals surface area contributed by atoms with Crippen molar-refractivity contribution in [3.05, 3.63) is 12.2 Å². The number of esters is 2. The van der Waals surface area contributed by atoms with Crippen molar-refractivity contribution in [2.75, 3.05) is 6.61 Å². The number of ether oxygens (including phenoxy) is 3. The Kier molecular flexibility index (Phi) is 2.78. The highest BCUT2D eigenvalue weighted by Crippen LogP contribution is 2.27. The van der Waals surface area contributed by atoms with E-state index < -0.39 is 17.4 Å². The fourth-order valence-electron chi connectivity index (χ4n) is 0.742. The maximum absolute atomic E-state index is 11.3. The number of carbonyl (C=O) groups excluding carboxylic acids is 2. The second-order valence-electron chi connectivity index (χ2n) is 3.30. The van der Waals surface area contributed by atoms with E-state index in [9.17, 15) is 9.59 Å². The second-order valence-corrected chi connectivity index (χ2v) is 3.30. The molecule has 0 bridgehead atoms. The van der Waals surface area contributed by atoms with Crippen molar-refractivity contribution in [3.8, 4) is 0 Å². The monoisotopic (exact) mass is 200 g/mol. The van der Waals surface area contributed by atoms with Gasteiger partial charge in [-0.25, -0.2) is 0 Å². The van der Waals surface area contributed by atoms with Gasteiger partial charge in [-0.05, 0) is 20.8 Å². The molecule has 78 valence electrons. The molecule has 1 heterocycles. The molecule has 1 aliphatic heterocycles. The lowest BCUT2D eigenvalue weighted by Crippen LogP contribution is -2.41. The Balaban J connectivity index is 2.76. The Bertz CT molecular complexity index is 268. The van der Waals surface area contributed by atoms with E-state index in [2.05, 4.69) is 0 Å². The number of hydrogen-bond acceptors (Lipinski definition) is 5. The van der Waals surface area contributed by atoms with E-state index in [1.807, 2.05) is 0 Å². The van der Waals surface area contributed by atoms with Crippen LogP contribution in [0, 0.1) is 5.41 Å². The van der Waals surface area contributed by atoms with Crippen molar-refractivity contribution in [1.29, 1.82) is 0 Å². The highest BCUT2D eigenvalue weighted by Gasteiger charge is 2.45. The zero-order chi connectivity index (χ0) is 10.8. The van der Waals surface area contributed by atoms with Gasteiger partial charge < -0.3 is 14.2 Å². The van der Waals surface area contributed by atoms with Gasteiger partial charge in [0.2, 0.25) is 0 Å². The van der Waals surface area contributed by atoms with Crippen molar-refractivity contribution in [2.45, 2.75) is 20.8 Å². The van der Waals surface area contributed by atoms with Crippen LogP contribution < -0.4 is 0 Å². The summed E-state index contributed by atoms with van der Waals surface area (Å²) in [4.78, 5) is 22.6. The zero-order valence-corrected chi connectivity index (χ0v) is 8.33. The molecule has 0 radical (unpaired) electrons. The van der Waals surface area contributed by atoms with Crippen LogP contribution in [-0.4, -0.2) is 18.5 Å². The number of carbonyl (C=O) groups is 2. The minimum Gasteiger partial charge on any atom is -0.494 e. The van der Waals surface area contributed by atoms with Gasteiger partial charge in [-0.2, -0.15) is 0 Å². The molecular formula is C9H12O5. The summed E-state index contributed by atoms with van der Waals surface area (Å²) in [6.45, 7) is 5.04. The molecule has 0 N–H and O–H groups in total. The first-order valence-corrected chi connectivity index (χ1v) is 4.24. The normalized spacial score (nSPS) is 19.8. The summed E-state index contributed by atoms with van der Waals surface area (Å²) in [6.07, 6.45) is 1.10. The summed E-state index contributed by atoms with van der Waals surface area (Å²) in [5, 5.41) is 0. The predicted molar refractivity (Wildman–Crippen MR) is 45.7 cm³/mol. The molecule has 1 rings (SSSR count). The fourth-order valence-corrected chi connectivity index (χ4v) is 0.742. The van der Waals surface area contributed by atoms with Gasteiger partial charge >= 0.3 is 17.9 Å². The molecule has 0 amide bonds. The molecule has 1 fully saturated rings. The van der Waals surface area contributed by atoms with Gasteiger partial charge in [0.25, 0.3) is 0 Å². The second kappa shape index (κ2) is 3.69. The molecule has 0 atom stereocenters. The van der Waals surface area contributed by atoms with Crippen LogP contribution in [0.2, 0.25) is 0 Å². The van der Waals surface area contributed by atoms with E-state index >= 15 is 0 Å². The lowest BCUT2D eigenvalue weighted by atomic mass is 9.93. The van der Waals surface area contributed by atoms with Crippen LogP contribution in [0.4, 0.5) is 0 Å². The van der Waals surface area contributed by atoms with Crippen molar-refractivity contribution < 1.29 is 23.8 Å². The summed E-state index contributed by atoms with van der Waals surface area (Å²) in [5.41, 5.74) is -1.25. The summed E-state index contributed by atoms with van der Waals surface area (Å²) >= 11 is 0. The summed E-state index contributed by atoms with van der Waals surface area (Å²) < 4.78 is 14.3. The Labute approximate surface area is 81.6 Å². The first-order valence-electron chi connectivity index (χ1n) is 4.24. The molecule has 0 saturated carbocycles. The quantitative estimate of drug-likeness (QED) is 0.377. The topological polar surface area (TPSA) is 61.8 Å². The van der Waals surface area contributed by atoms with E-state index in [1.165, 1.54) is 13.8 Å². The molecule has 1 saturated heterocycles. The average Bonchev–Trinajstić information content (AvgIpc) is 2.11. The standard InChI is InChI=1S/C9H12O5/c1-4-12-5-6-13-7(10)9(2,3)8(11)14-6/h5H,4H2,1-3H3. The van der Waals surface area contributed by atoms with Crippen molar-refractivity contribution in [2.24, 2.45) is 5.41 Å². The Morgan fingerprint density at radius 1 is 1.29 bits per heavy atom. The van der Waals surface area contributed by atoms with Crippen LogP contribution in [-0.2, 0) is 23.8 Å². The molecule has 0 spiro atoms. The van der Waals surface area contributed by atoms with Crippen LogP contribution >= 0.6 is 0 Å². The van der Waals surface area contributed by atoms with Gasteiger partial charge in [-0.3, -0.25) is 9.59 Å². The number of rotatable bonds is 2. The van der Waals surface area contributed by atoms with Crippen molar-refractivity contribution in [3.63, 3.8) is 0 Å². The largest absolute Gasteiger partial charge is 0.494 e. The first kappa shape index (κ1) is 10.6. The van der Waals surface area contributed by atoms with Gasteiger partial charge in [0.15, 0.2) is 11.7 Å². The predicted octanol–water partition coefficient (Wildman–Crippen LogP) is 0.948. The maximum Gasteiger partial charge on any atom is 0.331 e. The van der Waals surface area contributed by atoms with Gasteiger partial charge in [0.1, 0.15) is 0 Å². The minimum atomic E-state index is -1.25. The number of cyclic esters (lactones) is 2. The zero-order valence-electron chi connectivity index (χ0n) is 8.33. The first-order chi connectivity index (χ1) is 6.48. The van der Waals surface area contributed by atoms with Crippen LogP contribution in [0.3, 0.4) is 0 Å². The minimum absolute atomic E-state index is 0.207. The van der Waals surface area contributed by atoms with E-state index in [-0.39, 0.29) is 5.95 Å². The van der Waals surface area contributed by atoms with E-state index in [4.69, 9.17) is 14.2 Å². The Hall–Kier alpha value is -1.52. The smallest absolute Gasteiger partial charge is 0.331 e. The summed E-state index contributed by atoms with van der Waals surface area (Å²) in [6, 6.07) is 0. The average molecular weight is 200 g/mol. The SMILES string of the molecule is CCOC=C1OC(=O)C(C)(C)C(=O)O1. The van der Waals surface area contributed by atoms with Crippen molar-refractivity contribution in [1.82, 2.24) is 0 Å². The van der Waals surface area contributed by atoms with Gasteiger partial charge in [0, 0.05) is 0 Å². The lowest BCUT2D eigenvalue weighted by molar-refractivity contribution is -0.184. The molecule has 5 nitrogen and oxygen atoms in total. The maximum atomic E-state index is 11.3. The molecular weight excluding hydrogens is 188 g/mol. The van der Waals surface area contributed by atoms with E-state index in [0.717, 1.165) is 6.26 Å². The van der Waals surface area contributed by atoms with Crippen molar-refractivity contribution >= 4 is 11.9 Å². The highest BCUT2D eigenvalue weighted by molar-refractivity contribution is 6.01. The van der Waals surface area contributed by atoms with Crippen LogP contribution in [0.1, 0.15) is 20.8 Å². The molecule has 14 heavy (non-hydrogen) atoms. The van der Waals surface area contributed by atoms with E-state index in [0.29, 0.717) is 6.61 Å². The highest BCUT2D eigenvalue weighted by atomic mass is 16.7. The molecule has 0 unspecified atom stereocenters. The van der Waals surface area contributed by atoms with Gasteiger partial charge in [-0.1, -0.05) is 0 Å². The molecule has 1 aliphatic rings. The van der Waals surface area contributed by atoms with Gasteiger partial charge in [-0.15, -0.1) is 0 Å². The Morgan fingerprint density at radius 2 is 1.79 bits per heavy atom. The third-order valence-corrected chi connectivity index (χ3v) is 1.75. The third-order valence-electron chi connectivity index (χ3n) is 1.75. The lowest BCUT2D eigenvalue weighted by Gasteiger charge is -2.25. The third kappa shape index (κ3) is 1.86. The molecule has 0 aromatic heterocycles. The summed E-state index contributed by atoms with van der Waals surface area (Å²) in [5.74, 6) is -1.49. The molecule has 5 heteroatoms. The van der Waals surface area contributed by atoms with Crippen LogP contribution in [0.25, 0.3) is 0 Å². The van der Waals surface area contributed by atoms with E-state index in [1.54, 1.807) is 6.92 Å². The van der Waals surface area contributed by atoms with Crippen LogP contribution in [0.15, 0.2) is 12.2 Å². The Morgan fingerprint density at radius 3 is 2.21 bits per heavy atom. The number of hydrogen-bond donors (Lipinski definition) is 0. The molecule has 0 aliphatic carbocycles. The fraction of sp³-hybridized carbons (Fsp3) is 0.556. The molecule has 0 aromatic rings. The van der Waals surface area contributed by atoms with Gasteiger partial charge in [0.05, 0.1) is 6.61 Å². The molecule has 0 aromatic carbocycles.